The molecule has 3 nitrogen and oxygen atoms in total. The molecule has 0 saturated carbocycles. The smallest absolute Gasteiger partial charge is 0.196 e. The van der Waals surface area contributed by atoms with Crippen LogP contribution in [0.3, 0.4) is 0 Å². The minimum atomic E-state index is -0.0409. The maximum absolute atomic E-state index is 13.0. The van der Waals surface area contributed by atoms with Gasteiger partial charge in [0, 0.05) is 5.56 Å². The number of hydrogen-bond donors (Lipinski definition) is 1. The summed E-state index contributed by atoms with van der Waals surface area (Å²) in [5.74, 6) is 0.553. The first-order valence-electron chi connectivity index (χ1n) is 7.60. The van der Waals surface area contributed by atoms with Crippen molar-refractivity contribution in [3.05, 3.63) is 88.4 Å². The predicted octanol–water partition coefficient (Wildman–Crippen LogP) is 5.05. The van der Waals surface area contributed by atoms with Crippen LogP contribution in [0.4, 0.5) is 0 Å². The van der Waals surface area contributed by atoms with E-state index in [-0.39, 0.29) is 5.78 Å². The lowest BCUT2D eigenvalue weighted by Gasteiger charge is -2.04. The minimum Gasteiger partial charge on any atom is -0.338 e. The van der Waals surface area contributed by atoms with E-state index in [1.54, 1.807) is 11.3 Å². The van der Waals surface area contributed by atoms with E-state index in [1.807, 2.05) is 77.5 Å². The number of nitrogens with zero attached hydrogens (tertiary/aromatic N) is 1. The van der Waals surface area contributed by atoms with E-state index in [9.17, 15) is 4.79 Å². The summed E-state index contributed by atoms with van der Waals surface area (Å²) in [6.07, 6.45) is 1.89. The monoisotopic (exact) mass is 330 g/mol. The maximum Gasteiger partial charge on any atom is 0.196 e. The second-order valence-electron chi connectivity index (χ2n) is 5.41. The first-order valence-corrected chi connectivity index (χ1v) is 8.54. The number of fused-ring (bicyclic) bond motifs is 1. The van der Waals surface area contributed by atoms with Crippen LogP contribution in [0.2, 0.25) is 0 Å². The number of ketones is 1. The van der Waals surface area contributed by atoms with Crippen molar-refractivity contribution in [1.82, 2.24) is 9.97 Å². The molecule has 1 N–H and O–H groups in total. The van der Waals surface area contributed by atoms with Crippen molar-refractivity contribution in [2.75, 3.05) is 0 Å². The summed E-state index contributed by atoms with van der Waals surface area (Å²) < 4.78 is 0. The van der Waals surface area contributed by atoms with E-state index in [2.05, 4.69) is 9.97 Å². The molecule has 4 heteroatoms. The van der Waals surface area contributed by atoms with E-state index < -0.39 is 0 Å². The Balaban J connectivity index is 1.86. The number of aromatic nitrogens is 2. The van der Waals surface area contributed by atoms with Gasteiger partial charge >= 0.3 is 0 Å². The van der Waals surface area contributed by atoms with Gasteiger partial charge in [-0.3, -0.25) is 4.79 Å². The summed E-state index contributed by atoms with van der Waals surface area (Å²) in [4.78, 5) is 20.9. The average Bonchev–Trinajstić information content (AvgIpc) is 3.29. The SMILES string of the molecule is O=C(/C(=C/c1ccsc1)c1nc2ccccc2[nH]1)c1ccccc1. The van der Waals surface area contributed by atoms with Crippen LogP contribution >= 0.6 is 11.3 Å². The number of H-pyrrole nitrogens is 1. The highest BCUT2D eigenvalue weighted by Crippen LogP contribution is 2.24. The van der Waals surface area contributed by atoms with Crippen LogP contribution in [0, 0.1) is 0 Å². The van der Waals surface area contributed by atoms with Crippen LogP contribution < -0.4 is 0 Å². The van der Waals surface area contributed by atoms with E-state index in [4.69, 9.17) is 0 Å². The molecule has 2 aromatic heterocycles. The van der Waals surface area contributed by atoms with Crippen molar-refractivity contribution in [2.45, 2.75) is 0 Å². The van der Waals surface area contributed by atoms with Gasteiger partial charge in [-0.1, -0.05) is 42.5 Å². The van der Waals surface area contributed by atoms with Crippen molar-refractivity contribution in [2.24, 2.45) is 0 Å². The number of rotatable bonds is 4. The van der Waals surface area contributed by atoms with Crippen LogP contribution in [0.1, 0.15) is 21.7 Å². The van der Waals surface area contributed by atoms with Crippen molar-refractivity contribution in [3.8, 4) is 0 Å². The Morgan fingerprint density at radius 2 is 1.79 bits per heavy atom. The van der Waals surface area contributed by atoms with E-state index in [0.717, 1.165) is 16.6 Å². The fourth-order valence-corrected chi connectivity index (χ4v) is 3.21. The van der Waals surface area contributed by atoms with Crippen LogP contribution in [0.15, 0.2) is 71.4 Å². The molecular formula is C20H14N2OS. The third kappa shape index (κ3) is 2.79. The first kappa shape index (κ1) is 14.6. The Labute approximate surface area is 143 Å². The highest BCUT2D eigenvalue weighted by molar-refractivity contribution is 7.08. The van der Waals surface area contributed by atoms with Gasteiger partial charge in [-0.2, -0.15) is 11.3 Å². The molecule has 0 radical (unpaired) electrons. The van der Waals surface area contributed by atoms with Gasteiger partial charge in [-0.25, -0.2) is 4.98 Å². The second kappa shape index (κ2) is 6.26. The summed E-state index contributed by atoms with van der Waals surface area (Å²) in [5.41, 5.74) is 3.99. The molecule has 4 aromatic rings. The molecule has 0 unspecified atom stereocenters. The third-order valence-electron chi connectivity index (χ3n) is 3.78. The van der Waals surface area contributed by atoms with Crippen LogP contribution in [-0.4, -0.2) is 15.8 Å². The fraction of sp³-hybridized carbons (Fsp3) is 0. The summed E-state index contributed by atoms with van der Waals surface area (Å²) in [6, 6.07) is 19.1. The molecule has 4 rings (SSSR count). The topological polar surface area (TPSA) is 45.8 Å². The number of aromatic amines is 1. The Bertz CT molecular complexity index is 981. The summed E-state index contributed by atoms with van der Waals surface area (Å²) in [6.45, 7) is 0. The Morgan fingerprint density at radius 3 is 2.54 bits per heavy atom. The zero-order valence-electron chi connectivity index (χ0n) is 12.8. The van der Waals surface area contributed by atoms with Gasteiger partial charge in [0.25, 0.3) is 0 Å². The lowest BCUT2D eigenvalue weighted by Crippen LogP contribution is -2.04. The van der Waals surface area contributed by atoms with E-state index in [1.165, 1.54) is 0 Å². The quantitative estimate of drug-likeness (QED) is 0.420. The molecule has 24 heavy (non-hydrogen) atoms. The number of imidazole rings is 1. The molecular weight excluding hydrogens is 316 g/mol. The molecule has 0 atom stereocenters. The molecule has 0 aliphatic carbocycles. The summed E-state index contributed by atoms with van der Waals surface area (Å²) >= 11 is 1.60. The van der Waals surface area contributed by atoms with Crippen molar-refractivity contribution in [3.63, 3.8) is 0 Å². The summed E-state index contributed by atoms with van der Waals surface area (Å²) in [5, 5.41) is 4.01. The normalized spacial score (nSPS) is 11.8. The molecule has 0 spiro atoms. The number of para-hydroxylation sites is 2. The highest BCUT2D eigenvalue weighted by atomic mass is 32.1. The molecule has 0 saturated heterocycles. The van der Waals surface area contributed by atoms with Gasteiger partial charge in [0.05, 0.1) is 16.6 Å². The molecule has 0 bridgehead atoms. The number of thiophene rings is 1. The van der Waals surface area contributed by atoms with Crippen LogP contribution in [0.25, 0.3) is 22.7 Å². The predicted molar refractivity (Wildman–Crippen MR) is 99.1 cm³/mol. The number of allylic oxidation sites excluding steroid dienone is 1. The maximum atomic E-state index is 13.0. The van der Waals surface area contributed by atoms with Gasteiger partial charge in [0.15, 0.2) is 5.78 Å². The van der Waals surface area contributed by atoms with E-state index in [0.29, 0.717) is 17.0 Å². The number of carbonyl (C=O) groups excluding carboxylic acids is 1. The molecule has 116 valence electrons. The largest absolute Gasteiger partial charge is 0.338 e. The number of benzene rings is 2. The molecule has 0 amide bonds. The highest BCUT2D eigenvalue weighted by Gasteiger charge is 2.18. The zero-order chi connectivity index (χ0) is 16.4. The molecule has 2 heterocycles. The van der Waals surface area contributed by atoms with Crippen LogP contribution in [0.5, 0.6) is 0 Å². The number of Topliss-reactive ketones (excluding diaryl/α,β-unsaturated/α-hetero) is 1. The van der Waals surface area contributed by atoms with Crippen molar-refractivity contribution < 1.29 is 4.79 Å². The molecule has 0 aliphatic heterocycles. The molecule has 2 aromatic carbocycles. The average molecular weight is 330 g/mol. The second-order valence-corrected chi connectivity index (χ2v) is 6.19. The lowest BCUT2D eigenvalue weighted by molar-refractivity contribution is 0.105. The third-order valence-corrected chi connectivity index (χ3v) is 4.48. The number of nitrogens with one attached hydrogen (secondary N) is 1. The minimum absolute atomic E-state index is 0.0409. The molecule has 0 aliphatic rings. The van der Waals surface area contributed by atoms with Gasteiger partial charge in [0.1, 0.15) is 5.82 Å². The molecule has 0 fully saturated rings. The van der Waals surface area contributed by atoms with Gasteiger partial charge < -0.3 is 4.98 Å². The fourth-order valence-electron chi connectivity index (χ4n) is 2.59. The zero-order valence-corrected chi connectivity index (χ0v) is 13.6. The first-order chi connectivity index (χ1) is 11.8. The van der Waals surface area contributed by atoms with Crippen molar-refractivity contribution >= 4 is 39.8 Å². The Morgan fingerprint density at radius 1 is 1.00 bits per heavy atom. The summed E-state index contributed by atoms with van der Waals surface area (Å²) in [7, 11) is 0. The Hall–Kier alpha value is -2.98. The lowest BCUT2D eigenvalue weighted by atomic mass is 10.0. The van der Waals surface area contributed by atoms with Crippen molar-refractivity contribution in [1.29, 1.82) is 0 Å². The van der Waals surface area contributed by atoms with Crippen LogP contribution in [-0.2, 0) is 0 Å². The number of hydrogen-bond acceptors (Lipinski definition) is 3. The van der Waals surface area contributed by atoms with Gasteiger partial charge in [0.2, 0.25) is 0 Å². The van der Waals surface area contributed by atoms with E-state index >= 15 is 0 Å². The van der Waals surface area contributed by atoms with Gasteiger partial charge in [-0.05, 0) is 40.6 Å². The Kier molecular flexibility index (Phi) is 3.81. The number of carbonyl (C=O) groups is 1. The standard InChI is InChI=1S/C20H14N2OS/c23-19(15-6-2-1-3-7-15)16(12-14-10-11-24-13-14)20-21-17-8-4-5-9-18(17)22-20/h1-13H,(H,21,22)/b16-12-. The van der Waals surface area contributed by atoms with Gasteiger partial charge in [-0.15, -0.1) is 0 Å².